The van der Waals surface area contributed by atoms with Gasteiger partial charge in [0.2, 0.25) is 0 Å². The van der Waals surface area contributed by atoms with Crippen LogP contribution in [0.2, 0.25) is 0 Å². The Morgan fingerprint density at radius 2 is 2.15 bits per heavy atom. The van der Waals surface area contributed by atoms with Crippen molar-refractivity contribution in [2.75, 3.05) is 5.73 Å². The fourth-order valence-electron chi connectivity index (χ4n) is 1.19. The highest BCUT2D eigenvalue weighted by Crippen LogP contribution is 2.32. The molecule has 1 atom stereocenters. The van der Waals surface area contributed by atoms with E-state index in [0.717, 1.165) is 6.07 Å². The van der Waals surface area contributed by atoms with E-state index in [1.807, 2.05) is 6.92 Å². The van der Waals surface area contributed by atoms with E-state index in [1.165, 1.54) is 6.07 Å². The third-order valence-electron chi connectivity index (χ3n) is 2.01. The van der Waals surface area contributed by atoms with Crippen LogP contribution in [0.25, 0.3) is 0 Å². The Hall–Kier alpha value is -1.29. The summed E-state index contributed by atoms with van der Waals surface area (Å²) in [7, 11) is 0. The van der Waals surface area contributed by atoms with Gasteiger partial charge in [-0.2, -0.15) is 0 Å². The van der Waals surface area contributed by atoms with Gasteiger partial charge >= 0.3 is 0 Å². The van der Waals surface area contributed by atoms with E-state index in [4.69, 9.17) is 11.5 Å². The Morgan fingerprint density at radius 1 is 1.54 bits per heavy atom. The fourth-order valence-corrected chi connectivity index (χ4v) is 1.19. The monoisotopic (exact) mass is 184 g/mol. The summed E-state index contributed by atoms with van der Waals surface area (Å²) in [5.74, 6) is -1.12. The standard InChI is InChI=1S/C9H13FN2O/c1-2-6(11)8-7(12)4-3-5(10)9(8)13/h3-4,6,13H,2,11-12H2,1H3/t6-/m1/s1. The first-order valence-electron chi connectivity index (χ1n) is 4.10. The second kappa shape index (κ2) is 3.62. The van der Waals surface area contributed by atoms with Crippen LogP contribution >= 0.6 is 0 Å². The Kier molecular flexibility index (Phi) is 2.72. The van der Waals surface area contributed by atoms with Crippen LogP contribution in [0.1, 0.15) is 24.9 Å². The van der Waals surface area contributed by atoms with E-state index in [1.54, 1.807) is 0 Å². The SMILES string of the molecule is CC[C@@H](N)c1c(N)ccc(F)c1O. The maximum atomic E-state index is 12.9. The molecule has 1 aromatic rings. The van der Waals surface area contributed by atoms with E-state index in [0.29, 0.717) is 17.7 Å². The average Bonchev–Trinajstić information content (AvgIpc) is 2.12. The third-order valence-corrected chi connectivity index (χ3v) is 2.01. The van der Waals surface area contributed by atoms with Crippen LogP contribution < -0.4 is 11.5 Å². The predicted molar refractivity (Wildman–Crippen MR) is 49.7 cm³/mol. The van der Waals surface area contributed by atoms with Gasteiger partial charge in [0.1, 0.15) is 0 Å². The summed E-state index contributed by atoms with van der Waals surface area (Å²) >= 11 is 0. The fraction of sp³-hybridized carbons (Fsp3) is 0.333. The molecule has 0 heterocycles. The van der Waals surface area contributed by atoms with Gasteiger partial charge in [-0.3, -0.25) is 0 Å². The normalized spacial score (nSPS) is 12.8. The number of nitrogens with two attached hydrogens (primary N) is 2. The summed E-state index contributed by atoms with van der Waals surface area (Å²) < 4.78 is 12.9. The third kappa shape index (κ3) is 1.72. The highest BCUT2D eigenvalue weighted by atomic mass is 19.1. The topological polar surface area (TPSA) is 72.3 Å². The Bertz CT molecular complexity index is 315. The van der Waals surface area contributed by atoms with Crippen molar-refractivity contribution in [3.63, 3.8) is 0 Å². The van der Waals surface area contributed by atoms with Crippen LogP contribution in [-0.2, 0) is 0 Å². The molecule has 0 aliphatic heterocycles. The van der Waals surface area contributed by atoms with Gasteiger partial charge in [0.15, 0.2) is 11.6 Å². The van der Waals surface area contributed by atoms with Crippen molar-refractivity contribution in [1.29, 1.82) is 0 Å². The van der Waals surface area contributed by atoms with E-state index in [2.05, 4.69) is 0 Å². The lowest BCUT2D eigenvalue weighted by Crippen LogP contribution is -2.12. The smallest absolute Gasteiger partial charge is 0.165 e. The molecule has 13 heavy (non-hydrogen) atoms. The average molecular weight is 184 g/mol. The number of benzene rings is 1. The van der Waals surface area contributed by atoms with E-state index < -0.39 is 17.6 Å². The summed E-state index contributed by atoms with van der Waals surface area (Å²) in [4.78, 5) is 0. The highest BCUT2D eigenvalue weighted by Gasteiger charge is 2.15. The Labute approximate surface area is 76.2 Å². The zero-order valence-electron chi connectivity index (χ0n) is 7.42. The molecule has 4 heteroatoms. The molecule has 0 bridgehead atoms. The van der Waals surface area contributed by atoms with Gasteiger partial charge in [-0.05, 0) is 18.6 Å². The van der Waals surface area contributed by atoms with Gasteiger partial charge in [-0.15, -0.1) is 0 Å². The van der Waals surface area contributed by atoms with Crippen LogP contribution in [0.4, 0.5) is 10.1 Å². The molecule has 0 aliphatic rings. The van der Waals surface area contributed by atoms with Crippen molar-refractivity contribution in [2.24, 2.45) is 5.73 Å². The van der Waals surface area contributed by atoms with Crippen molar-refractivity contribution in [1.82, 2.24) is 0 Å². The molecule has 0 saturated carbocycles. The van der Waals surface area contributed by atoms with Gasteiger partial charge in [-0.25, -0.2) is 4.39 Å². The first-order valence-corrected chi connectivity index (χ1v) is 4.10. The van der Waals surface area contributed by atoms with Gasteiger partial charge in [-0.1, -0.05) is 6.92 Å². The Balaban J connectivity index is 3.25. The molecule has 5 N–H and O–H groups in total. The lowest BCUT2D eigenvalue weighted by atomic mass is 10.0. The summed E-state index contributed by atoms with van der Waals surface area (Å²) in [6.07, 6.45) is 0.598. The number of rotatable bonds is 2. The van der Waals surface area contributed by atoms with Crippen LogP contribution in [0, 0.1) is 5.82 Å². The molecule has 0 aliphatic carbocycles. The van der Waals surface area contributed by atoms with Crippen molar-refractivity contribution in [3.05, 3.63) is 23.5 Å². The van der Waals surface area contributed by atoms with Gasteiger partial charge < -0.3 is 16.6 Å². The molecule has 72 valence electrons. The number of anilines is 1. The molecular weight excluding hydrogens is 171 g/mol. The van der Waals surface area contributed by atoms with Crippen molar-refractivity contribution >= 4 is 5.69 Å². The lowest BCUT2D eigenvalue weighted by Gasteiger charge is -2.14. The summed E-state index contributed by atoms with van der Waals surface area (Å²) in [6, 6.07) is 2.10. The molecular formula is C9H13FN2O. The van der Waals surface area contributed by atoms with E-state index >= 15 is 0 Å². The largest absolute Gasteiger partial charge is 0.505 e. The quantitative estimate of drug-likeness (QED) is 0.610. The number of phenolic OH excluding ortho intramolecular Hbond substituents is 1. The molecule has 0 saturated heterocycles. The zero-order chi connectivity index (χ0) is 10.0. The molecule has 0 aromatic heterocycles. The van der Waals surface area contributed by atoms with Crippen LogP contribution in [-0.4, -0.2) is 5.11 Å². The molecule has 0 radical (unpaired) electrons. The second-order valence-electron chi connectivity index (χ2n) is 2.91. The number of aromatic hydroxyl groups is 1. The maximum absolute atomic E-state index is 12.9. The molecule has 0 fully saturated rings. The number of hydrogen-bond acceptors (Lipinski definition) is 3. The van der Waals surface area contributed by atoms with Crippen molar-refractivity contribution in [2.45, 2.75) is 19.4 Å². The number of phenols is 1. The summed E-state index contributed by atoms with van der Waals surface area (Å²) in [6.45, 7) is 1.84. The second-order valence-corrected chi connectivity index (χ2v) is 2.91. The predicted octanol–water partition coefficient (Wildman–Crippen LogP) is 1.52. The molecule has 0 amide bonds. The summed E-state index contributed by atoms with van der Waals surface area (Å²) in [5, 5.41) is 9.34. The minimum Gasteiger partial charge on any atom is -0.505 e. The maximum Gasteiger partial charge on any atom is 0.165 e. The zero-order valence-corrected chi connectivity index (χ0v) is 7.42. The molecule has 3 nitrogen and oxygen atoms in total. The number of hydrogen-bond donors (Lipinski definition) is 3. The van der Waals surface area contributed by atoms with Gasteiger partial charge in [0.25, 0.3) is 0 Å². The van der Waals surface area contributed by atoms with Crippen LogP contribution in [0.15, 0.2) is 12.1 Å². The minimum atomic E-state index is -0.687. The molecule has 0 unspecified atom stereocenters. The van der Waals surface area contributed by atoms with Gasteiger partial charge in [0.05, 0.1) is 0 Å². The minimum absolute atomic E-state index is 0.294. The molecule has 0 spiro atoms. The van der Waals surface area contributed by atoms with E-state index in [9.17, 15) is 9.50 Å². The van der Waals surface area contributed by atoms with Crippen LogP contribution in [0.5, 0.6) is 5.75 Å². The number of halogens is 1. The molecule has 1 rings (SSSR count). The number of nitrogen functional groups attached to an aromatic ring is 1. The van der Waals surface area contributed by atoms with E-state index in [-0.39, 0.29) is 0 Å². The summed E-state index contributed by atoms with van der Waals surface area (Å²) in [5.41, 5.74) is 11.8. The first-order chi connectivity index (χ1) is 6.07. The van der Waals surface area contributed by atoms with Crippen LogP contribution in [0.3, 0.4) is 0 Å². The van der Waals surface area contributed by atoms with Crippen molar-refractivity contribution < 1.29 is 9.50 Å². The first kappa shape index (κ1) is 9.80. The van der Waals surface area contributed by atoms with Crippen molar-refractivity contribution in [3.8, 4) is 5.75 Å². The van der Waals surface area contributed by atoms with Gasteiger partial charge in [0, 0.05) is 17.3 Å². The Morgan fingerprint density at radius 3 is 2.69 bits per heavy atom. The highest BCUT2D eigenvalue weighted by molar-refractivity contribution is 5.55. The molecule has 1 aromatic carbocycles. The lowest BCUT2D eigenvalue weighted by molar-refractivity contribution is 0.420.